The van der Waals surface area contributed by atoms with Crippen LogP contribution in [0.3, 0.4) is 0 Å². The normalized spacial score (nSPS) is 10.6. The van der Waals surface area contributed by atoms with Crippen molar-refractivity contribution in [3.8, 4) is 0 Å². The molecule has 0 aromatic carbocycles. The summed E-state index contributed by atoms with van der Waals surface area (Å²) in [4.78, 5) is 17.2. The van der Waals surface area contributed by atoms with Crippen LogP contribution >= 0.6 is 11.6 Å². The standard InChI is InChI=1S/C11H14ClFN2O/c1-4-15(7(2)3)11(16)9-5-8(13)6-14-10(9)12/h5-7H,4H2,1-3H3. The highest BCUT2D eigenvalue weighted by molar-refractivity contribution is 6.32. The Morgan fingerprint density at radius 1 is 1.62 bits per heavy atom. The summed E-state index contributed by atoms with van der Waals surface area (Å²) in [5.41, 5.74) is 0.109. The average molecular weight is 245 g/mol. The molecule has 0 radical (unpaired) electrons. The van der Waals surface area contributed by atoms with Gasteiger partial charge in [-0.05, 0) is 26.8 Å². The third kappa shape index (κ3) is 2.70. The molecule has 1 amide bonds. The highest BCUT2D eigenvalue weighted by atomic mass is 35.5. The summed E-state index contributed by atoms with van der Waals surface area (Å²) in [6, 6.07) is 1.15. The summed E-state index contributed by atoms with van der Waals surface area (Å²) in [5.74, 6) is -0.859. The number of halogens is 2. The molecule has 0 unspecified atom stereocenters. The lowest BCUT2D eigenvalue weighted by Gasteiger charge is -2.25. The first-order valence-electron chi connectivity index (χ1n) is 5.09. The molecule has 0 spiro atoms. The van der Waals surface area contributed by atoms with E-state index in [1.54, 1.807) is 4.90 Å². The Balaban J connectivity index is 3.08. The monoisotopic (exact) mass is 244 g/mol. The Bertz CT molecular complexity index is 396. The molecule has 0 saturated heterocycles. The second-order valence-corrected chi connectivity index (χ2v) is 4.03. The lowest BCUT2D eigenvalue weighted by Crippen LogP contribution is -2.37. The molecule has 88 valence electrons. The van der Waals surface area contributed by atoms with Crippen LogP contribution in [0, 0.1) is 5.82 Å². The van der Waals surface area contributed by atoms with Gasteiger partial charge in [0.05, 0.1) is 11.8 Å². The SMILES string of the molecule is CCN(C(=O)c1cc(F)cnc1Cl)C(C)C. The highest BCUT2D eigenvalue weighted by Gasteiger charge is 2.20. The summed E-state index contributed by atoms with van der Waals surface area (Å²) < 4.78 is 13.0. The van der Waals surface area contributed by atoms with Crippen molar-refractivity contribution in [1.29, 1.82) is 0 Å². The number of nitrogens with zero attached hydrogens (tertiary/aromatic N) is 2. The molecule has 0 saturated carbocycles. The number of carbonyl (C=O) groups excluding carboxylic acids is 1. The van der Waals surface area contributed by atoms with E-state index in [0.29, 0.717) is 6.54 Å². The molecule has 0 fully saturated rings. The van der Waals surface area contributed by atoms with E-state index < -0.39 is 5.82 Å². The van der Waals surface area contributed by atoms with Gasteiger partial charge in [0.2, 0.25) is 0 Å². The molecule has 0 N–H and O–H groups in total. The first-order valence-corrected chi connectivity index (χ1v) is 5.47. The van der Waals surface area contributed by atoms with Crippen LogP contribution in [0.4, 0.5) is 4.39 Å². The van der Waals surface area contributed by atoms with E-state index in [1.807, 2.05) is 20.8 Å². The van der Waals surface area contributed by atoms with Crippen LogP contribution in [0.1, 0.15) is 31.1 Å². The summed E-state index contributed by atoms with van der Waals surface area (Å²) in [5, 5.41) is 0.0329. The predicted octanol–water partition coefficient (Wildman–Crippen LogP) is 2.74. The van der Waals surface area contributed by atoms with Crippen molar-refractivity contribution >= 4 is 17.5 Å². The fourth-order valence-corrected chi connectivity index (χ4v) is 1.65. The van der Waals surface area contributed by atoms with E-state index in [-0.39, 0.29) is 22.7 Å². The zero-order chi connectivity index (χ0) is 12.3. The van der Waals surface area contributed by atoms with Crippen molar-refractivity contribution in [2.45, 2.75) is 26.8 Å². The number of hydrogen-bond donors (Lipinski definition) is 0. The molecule has 0 aliphatic heterocycles. The average Bonchev–Trinajstić information content (AvgIpc) is 2.22. The van der Waals surface area contributed by atoms with Crippen LogP contribution in [0.5, 0.6) is 0 Å². The summed E-state index contributed by atoms with van der Waals surface area (Å²) in [7, 11) is 0. The Morgan fingerprint density at radius 3 is 2.75 bits per heavy atom. The number of rotatable bonds is 3. The summed E-state index contributed by atoms with van der Waals surface area (Å²) >= 11 is 5.77. The van der Waals surface area contributed by atoms with Crippen LogP contribution in [-0.2, 0) is 0 Å². The van der Waals surface area contributed by atoms with Gasteiger partial charge in [0.15, 0.2) is 0 Å². The van der Waals surface area contributed by atoms with Gasteiger partial charge in [-0.15, -0.1) is 0 Å². The summed E-state index contributed by atoms with van der Waals surface area (Å²) in [6.07, 6.45) is 0.991. The molecular formula is C11H14ClFN2O. The lowest BCUT2D eigenvalue weighted by molar-refractivity contribution is 0.0716. The maximum Gasteiger partial charge on any atom is 0.257 e. The molecule has 16 heavy (non-hydrogen) atoms. The first kappa shape index (κ1) is 12.9. The van der Waals surface area contributed by atoms with E-state index in [2.05, 4.69) is 4.98 Å². The molecule has 1 aromatic heterocycles. The van der Waals surface area contributed by atoms with Gasteiger partial charge in [0.1, 0.15) is 11.0 Å². The van der Waals surface area contributed by atoms with Crippen LogP contribution in [0.15, 0.2) is 12.3 Å². The van der Waals surface area contributed by atoms with Crippen LogP contribution in [-0.4, -0.2) is 28.4 Å². The predicted molar refractivity (Wildman–Crippen MR) is 61.1 cm³/mol. The molecule has 0 aliphatic carbocycles. The van der Waals surface area contributed by atoms with Crippen molar-refractivity contribution in [3.63, 3.8) is 0 Å². The van der Waals surface area contributed by atoms with Gasteiger partial charge in [-0.2, -0.15) is 0 Å². The van der Waals surface area contributed by atoms with Gasteiger partial charge >= 0.3 is 0 Å². The number of aromatic nitrogens is 1. The second kappa shape index (κ2) is 5.25. The molecule has 0 bridgehead atoms. The van der Waals surface area contributed by atoms with Crippen LogP contribution in [0.2, 0.25) is 5.15 Å². The number of hydrogen-bond acceptors (Lipinski definition) is 2. The van der Waals surface area contributed by atoms with Crippen LogP contribution in [0.25, 0.3) is 0 Å². The third-order valence-corrected chi connectivity index (χ3v) is 2.56. The smallest absolute Gasteiger partial charge is 0.257 e. The van der Waals surface area contributed by atoms with Gasteiger partial charge in [-0.3, -0.25) is 4.79 Å². The van der Waals surface area contributed by atoms with Gasteiger partial charge in [-0.1, -0.05) is 11.6 Å². The largest absolute Gasteiger partial charge is 0.336 e. The fraction of sp³-hybridized carbons (Fsp3) is 0.455. The Hall–Kier alpha value is -1.16. The Labute approximate surface area is 99.2 Å². The van der Waals surface area contributed by atoms with E-state index in [9.17, 15) is 9.18 Å². The Kier molecular flexibility index (Phi) is 4.24. The summed E-state index contributed by atoms with van der Waals surface area (Å²) in [6.45, 7) is 6.19. The quantitative estimate of drug-likeness (QED) is 0.766. The molecule has 1 aromatic rings. The van der Waals surface area contributed by atoms with Gasteiger partial charge in [0.25, 0.3) is 5.91 Å². The zero-order valence-electron chi connectivity index (χ0n) is 9.50. The van der Waals surface area contributed by atoms with Crippen LogP contribution < -0.4 is 0 Å². The number of pyridine rings is 1. The Morgan fingerprint density at radius 2 is 2.25 bits per heavy atom. The second-order valence-electron chi connectivity index (χ2n) is 3.68. The van der Waals surface area contributed by atoms with E-state index in [4.69, 9.17) is 11.6 Å². The van der Waals surface area contributed by atoms with Gasteiger partial charge in [-0.25, -0.2) is 9.37 Å². The van der Waals surface area contributed by atoms with E-state index in [0.717, 1.165) is 12.3 Å². The van der Waals surface area contributed by atoms with E-state index >= 15 is 0 Å². The maximum atomic E-state index is 13.0. The molecule has 0 atom stereocenters. The van der Waals surface area contributed by atoms with Crippen molar-refractivity contribution in [1.82, 2.24) is 9.88 Å². The minimum absolute atomic E-state index is 0.0329. The fourth-order valence-electron chi connectivity index (χ4n) is 1.47. The van der Waals surface area contributed by atoms with E-state index in [1.165, 1.54) is 0 Å². The highest BCUT2D eigenvalue weighted by Crippen LogP contribution is 2.17. The van der Waals surface area contributed by atoms with Crippen molar-refractivity contribution in [2.75, 3.05) is 6.54 Å². The van der Waals surface area contributed by atoms with Crippen molar-refractivity contribution < 1.29 is 9.18 Å². The van der Waals surface area contributed by atoms with Gasteiger partial charge in [0, 0.05) is 12.6 Å². The molecule has 3 nitrogen and oxygen atoms in total. The van der Waals surface area contributed by atoms with Gasteiger partial charge < -0.3 is 4.90 Å². The third-order valence-electron chi connectivity index (χ3n) is 2.26. The van der Waals surface area contributed by atoms with Crippen molar-refractivity contribution in [3.05, 3.63) is 28.8 Å². The number of carbonyl (C=O) groups is 1. The first-order chi connectivity index (χ1) is 7.47. The molecule has 1 heterocycles. The maximum absolute atomic E-state index is 13.0. The minimum Gasteiger partial charge on any atom is -0.336 e. The molecular weight excluding hydrogens is 231 g/mol. The molecule has 5 heteroatoms. The molecule has 1 rings (SSSR count). The lowest BCUT2D eigenvalue weighted by atomic mass is 10.2. The van der Waals surface area contributed by atoms with Crippen molar-refractivity contribution in [2.24, 2.45) is 0 Å². The minimum atomic E-state index is -0.562. The molecule has 0 aliphatic rings. The number of amides is 1. The zero-order valence-corrected chi connectivity index (χ0v) is 10.3. The topological polar surface area (TPSA) is 33.2 Å².